The van der Waals surface area contributed by atoms with Crippen LogP contribution in [-0.4, -0.2) is 27.6 Å². The fraction of sp³-hybridized carbons (Fsp3) is 0.286. The maximum atomic E-state index is 12.3. The smallest absolute Gasteiger partial charge is 0.253 e. The molecule has 2 aromatic rings. The summed E-state index contributed by atoms with van der Waals surface area (Å²) in [6.45, 7) is 2.47. The molecular formula is C14H16ClN3O. The van der Waals surface area contributed by atoms with E-state index in [1.165, 1.54) is 0 Å². The Balaban J connectivity index is 2.14. The molecule has 2 rings (SSSR count). The van der Waals surface area contributed by atoms with Gasteiger partial charge in [-0.25, -0.2) is 0 Å². The molecule has 0 aliphatic carbocycles. The molecule has 4 nitrogen and oxygen atoms in total. The summed E-state index contributed by atoms with van der Waals surface area (Å²) in [7, 11) is 3.64. The van der Waals surface area contributed by atoms with Gasteiger partial charge in [-0.1, -0.05) is 17.7 Å². The topological polar surface area (TPSA) is 38.1 Å². The fourth-order valence-electron chi connectivity index (χ4n) is 1.97. The number of amides is 1. The molecule has 1 amide bonds. The lowest BCUT2D eigenvalue weighted by molar-refractivity contribution is 0.0785. The van der Waals surface area contributed by atoms with Crippen LogP contribution in [0.4, 0.5) is 0 Å². The predicted octanol–water partition coefficient (Wildman–Crippen LogP) is 2.65. The van der Waals surface area contributed by atoms with Gasteiger partial charge in [-0.05, 0) is 25.1 Å². The van der Waals surface area contributed by atoms with Gasteiger partial charge >= 0.3 is 0 Å². The number of aromatic nitrogens is 2. The molecule has 1 aromatic carbocycles. The Hall–Kier alpha value is -1.81. The molecule has 0 radical (unpaired) electrons. The van der Waals surface area contributed by atoms with E-state index < -0.39 is 0 Å². The zero-order chi connectivity index (χ0) is 14.0. The van der Waals surface area contributed by atoms with Gasteiger partial charge in [0.2, 0.25) is 0 Å². The van der Waals surface area contributed by atoms with Gasteiger partial charge in [-0.15, -0.1) is 0 Å². The number of aryl methyl sites for hydroxylation is 2. The summed E-state index contributed by atoms with van der Waals surface area (Å²) >= 11 is 5.90. The third-order valence-electron chi connectivity index (χ3n) is 2.94. The summed E-state index contributed by atoms with van der Waals surface area (Å²) in [4.78, 5) is 13.9. The van der Waals surface area contributed by atoms with Gasteiger partial charge in [0, 0.05) is 43.0 Å². The summed E-state index contributed by atoms with van der Waals surface area (Å²) in [5, 5.41) is 4.83. The molecule has 19 heavy (non-hydrogen) atoms. The fourth-order valence-corrected chi connectivity index (χ4v) is 2.16. The highest BCUT2D eigenvalue weighted by molar-refractivity contribution is 6.30. The monoisotopic (exact) mass is 277 g/mol. The lowest BCUT2D eigenvalue weighted by atomic mass is 10.2. The molecule has 0 fully saturated rings. The highest BCUT2D eigenvalue weighted by Gasteiger charge is 2.14. The van der Waals surface area contributed by atoms with Gasteiger partial charge in [0.15, 0.2) is 0 Å². The second-order valence-corrected chi connectivity index (χ2v) is 5.02. The lowest BCUT2D eigenvalue weighted by Crippen LogP contribution is -2.26. The van der Waals surface area contributed by atoms with Crippen LogP contribution in [0.5, 0.6) is 0 Å². The minimum atomic E-state index is -0.0502. The van der Waals surface area contributed by atoms with Gasteiger partial charge in [0.1, 0.15) is 0 Å². The zero-order valence-electron chi connectivity index (χ0n) is 11.2. The molecule has 0 aliphatic heterocycles. The van der Waals surface area contributed by atoms with Crippen molar-refractivity contribution in [1.82, 2.24) is 14.7 Å². The molecule has 0 unspecified atom stereocenters. The normalized spacial score (nSPS) is 10.5. The number of benzene rings is 1. The van der Waals surface area contributed by atoms with E-state index in [1.807, 2.05) is 20.2 Å². The lowest BCUT2D eigenvalue weighted by Gasteiger charge is -2.16. The highest BCUT2D eigenvalue weighted by atomic mass is 35.5. The van der Waals surface area contributed by atoms with Gasteiger partial charge in [0.05, 0.1) is 5.69 Å². The molecule has 5 heteroatoms. The maximum Gasteiger partial charge on any atom is 0.253 e. The third-order valence-corrected chi connectivity index (χ3v) is 3.18. The average Bonchev–Trinajstić information content (AvgIpc) is 2.66. The maximum absolute atomic E-state index is 12.3. The van der Waals surface area contributed by atoms with Crippen LogP contribution in [0.25, 0.3) is 0 Å². The second kappa shape index (κ2) is 5.45. The van der Waals surface area contributed by atoms with Crippen LogP contribution >= 0.6 is 11.6 Å². The van der Waals surface area contributed by atoms with Crippen LogP contribution in [0.3, 0.4) is 0 Å². The molecular weight excluding hydrogens is 262 g/mol. The molecule has 1 aromatic heterocycles. The first-order chi connectivity index (χ1) is 8.97. The van der Waals surface area contributed by atoms with E-state index in [2.05, 4.69) is 5.10 Å². The molecule has 0 atom stereocenters. The minimum absolute atomic E-state index is 0.0502. The van der Waals surface area contributed by atoms with E-state index in [0.717, 1.165) is 11.3 Å². The zero-order valence-corrected chi connectivity index (χ0v) is 12.0. The van der Waals surface area contributed by atoms with Crippen molar-refractivity contribution in [2.45, 2.75) is 13.5 Å². The van der Waals surface area contributed by atoms with E-state index in [-0.39, 0.29) is 5.91 Å². The first-order valence-electron chi connectivity index (χ1n) is 5.97. The van der Waals surface area contributed by atoms with E-state index >= 15 is 0 Å². The molecule has 0 N–H and O–H groups in total. The summed E-state index contributed by atoms with van der Waals surface area (Å²) in [5.74, 6) is -0.0502. The molecule has 1 heterocycles. The SMILES string of the molecule is Cc1nn(C)cc1CN(C)C(=O)c1cccc(Cl)c1. The van der Waals surface area contributed by atoms with Crippen LogP contribution in [0, 0.1) is 6.92 Å². The number of hydrogen-bond acceptors (Lipinski definition) is 2. The van der Waals surface area contributed by atoms with E-state index in [4.69, 9.17) is 11.6 Å². The summed E-state index contributed by atoms with van der Waals surface area (Å²) < 4.78 is 1.75. The van der Waals surface area contributed by atoms with E-state index in [9.17, 15) is 4.79 Å². The molecule has 100 valence electrons. The van der Waals surface area contributed by atoms with Gasteiger partial charge in [-0.2, -0.15) is 5.10 Å². The minimum Gasteiger partial charge on any atom is -0.337 e. The Morgan fingerprint density at radius 2 is 2.21 bits per heavy atom. The van der Waals surface area contributed by atoms with Crippen molar-refractivity contribution in [2.24, 2.45) is 7.05 Å². The van der Waals surface area contributed by atoms with Crippen molar-refractivity contribution in [3.63, 3.8) is 0 Å². The average molecular weight is 278 g/mol. The van der Waals surface area contributed by atoms with Crippen molar-refractivity contribution >= 4 is 17.5 Å². The number of carbonyl (C=O) groups excluding carboxylic acids is 1. The number of hydrogen-bond donors (Lipinski definition) is 0. The van der Waals surface area contributed by atoms with E-state index in [1.54, 1.807) is 40.9 Å². The van der Waals surface area contributed by atoms with Crippen LogP contribution in [0.1, 0.15) is 21.6 Å². The Labute approximate surface area is 117 Å². The first kappa shape index (κ1) is 13.6. The summed E-state index contributed by atoms with van der Waals surface area (Å²) in [6.07, 6.45) is 1.93. The standard InChI is InChI=1S/C14H16ClN3O/c1-10-12(9-18(3)16-10)8-17(2)14(19)11-5-4-6-13(15)7-11/h4-7,9H,8H2,1-3H3. The van der Waals surface area contributed by atoms with Crippen LogP contribution in [0.15, 0.2) is 30.5 Å². The van der Waals surface area contributed by atoms with E-state index in [0.29, 0.717) is 17.1 Å². The van der Waals surface area contributed by atoms with Crippen molar-refractivity contribution in [3.8, 4) is 0 Å². The Bertz CT molecular complexity index is 606. The summed E-state index contributed by atoms with van der Waals surface area (Å²) in [6, 6.07) is 6.97. The van der Waals surface area contributed by atoms with Crippen LogP contribution in [-0.2, 0) is 13.6 Å². The molecule has 0 saturated heterocycles. The van der Waals surface area contributed by atoms with Crippen molar-refractivity contribution in [1.29, 1.82) is 0 Å². The molecule has 0 bridgehead atoms. The van der Waals surface area contributed by atoms with Crippen molar-refractivity contribution < 1.29 is 4.79 Å². The Morgan fingerprint density at radius 1 is 1.47 bits per heavy atom. The van der Waals surface area contributed by atoms with Gasteiger partial charge < -0.3 is 4.90 Å². The quantitative estimate of drug-likeness (QED) is 0.865. The molecule has 0 aliphatic rings. The highest BCUT2D eigenvalue weighted by Crippen LogP contribution is 2.14. The van der Waals surface area contributed by atoms with Crippen LogP contribution < -0.4 is 0 Å². The van der Waals surface area contributed by atoms with Crippen molar-refractivity contribution in [3.05, 3.63) is 52.3 Å². The molecule has 0 spiro atoms. The number of nitrogens with zero attached hydrogens (tertiary/aromatic N) is 3. The number of rotatable bonds is 3. The third kappa shape index (κ3) is 3.15. The van der Waals surface area contributed by atoms with Crippen molar-refractivity contribution in [2.75, 3.05) is 7.05 Å². The summed E-state index contributed by atoms with van der Waals surface area (Å²) in [5.41, 5.74) is 2.57. The number of carbonyl (C=O) groups is 1. The Morgan fingerprint density at radius 3 is 2.79 bits per heavy atom. The first-order valence-corrected chi connectivity index (χ1v) is 6.35. The Kier molecular flexibility index (Phi) is 3.90. The van der Waals surface area contributed by atoms with Crippen LogP contribution in [0.2, 0.25) is 5.02 Å². The second-order valence-electron chi connectivity index (χ2n) is 4.58. The predicted molar refractivity (Wildman–Crippen MR) is 75.2 cm³/mol. The molecule has 0 saturated carbocycles. The van der Waals surface area contributed by atoms with Gasteiger partial charge in [-0.3, -0.25) is 9.48 Å². The largest absolute Gasteiger partial charge is 0.337 e. The number of halogens is 1. The van der Waals surface area contributed by atoms with Gasteiger partial charge in [0.25, 0.3) is 5.91 Å².